The lowest BCUT2D eigenvalue weighted by Gasteiger charge is -2.21. The monoisotopic (exact) mass is 546 g/mol. The molecule has 0 N–H and O–H groups in total. The quantitative estimate of drug-likeness (QED) is 0.228. The van der Waals surface area contributed by atoms with Crippen LogP contribution >= 0.6 is 48.8 Å². The van der Waals surface area contributed by atoms with Gasteiger partial charge in [0.1, 0.15) is 6.29 Å². The van der Waals surface area contributed by atoms with E-state index >= 15 is 0 Å². The van der Waals surface area contributed by atoms with Crippen molar-refractivity contribution in [3.63, 3.8) is 0 Å². The summed E-state index contributed by atoms with van der Waals surface area (Å²) in [6, 6.07) is 9.94. The minimum Gasteiger partial charge on any atom is -0.298 e. The first-order valence-electron chi connectivity index (χ1n) is 9.77. The van der Waals surface area contributed by atoms with Gasteiger partial charge in [0.2, 0.25) is 0 Å². The summed E-state index contributed by atoms with van der Waals surface area (Å²) in [6.07, 6.45) is -5.97. The lowest BCUT2D eigenvalue weighted by atomic mass is 10.1. The predicted molar refractivity (Wildman–Crippen MR) is 133 cm³/mol. The van der Waals surface area contributed by atoms with Gasteiger partial charge in [0.25, 0.3) is 0 Å². The number of benzene rings is 2. The molecule has 1 saturated heterocycles. The fourth-order valence-corrected chi connectivity index (χ4v) is 5.84. The summed E-state index contributed by atoms with van der Waals surface area (Å²) in [7, 11) is 0. The van der Waals surface area contributed by atoms with Crippen LogP contribution in [-0.4, -0.2) is 29.3 Å². The van der Waals surface area contributed by atoms with E-state index in [-0.39, 0.29) is 10.1 Å². The molecule has 1 heterocycles. The second-order valence-corrected chi connectivity index (χ2v) is 10.2. The van der Waals surface area contributed by atoms with Crippen molar-refractivity contribution in [3.8, 4) is 0 Å². The van der Waals surface area contributed by atoms with Crippen LogP contribution in [0.2, 0.25) is 0 Å². The molecule has 2 aromatic carbocycles. The molecule has 1 aliphatic heterocycles. The van der Waals surface area contributed by atoms with Gasteiger partial charge in [0.05, 0.1) is 15.7 Å². The van der Waals surface area contributed by atoms with E-state index in [1.165, 1.54) is 24.3 Å². The summed E-state index contributed by atoms with van der Waals surface area (Å²) in [4.78, 5) is 10.1. The highest BCUT2D eigenvalue weighted by molar-refractivity contribution is 8.16. The highest BCUT2D eigenvalue weighted by Crippen LogP contribution is 2.44. The molecule has 1 nitrogen and oxygen atoms in total. The van der Waals surface area contributed by atoms with Crippen LogP contribution < -0.4 is 0 Å². The predicted octanol–water partition coefficient (Wildman–Crippen LogP) is 8.33. The van der Waals surface area contributed by atoms with Crippen LogP contribution in [0.4, 0.5) is 26.3 Å². The van der Waals surface area contributed by atoms with Gasteiger partial charge in [-0.15, -0.1) is 23.5 Å². The van der Waals surface area contributed by atoms with Gasteiger partial charge in [-0.3, -0.25) is 4.79 Å². The molecule has 1 fully saturated rings. The van der Waals surface area contributed by atoms with Gasteiger partial charge in [0.15, 0.2) is 0 Å². The fraction of sp³-hybridized carbons (Fsp3) is 0.409. The molecular weight excluding hydrogens is 522 g/mol. The van der Waals surface area contributed by atoms with E-state index < -0.39 is 23.5 Å². The standard InChI is InChI=1S/C11H11F3S2.C8H5F3O.C3H8S2/c12-11(13,14)9-4-1-3-8(7-9)10-15-5-2-6-16-10;9-8(10,11)7-3-1-2-6(4-7)5-12;4-2-1-3-5/h1,3-4,7,10H,2,5-6H2;1-5H;4-5H,1-3H2. The van der Waals surface area contributed by atoms with Crippen LogP contribution in [0.25, 0.3) is 0 Å². The number of alkyl halides is 6. The Morgan fingerprint density at radius 2 is 1.36 bits per heavy atom. The molecule has 0 atom stereocenters. The first-order chi connectivity index (χ1) is 15.5. The summed E-state index contributed by atoms with van der Waals surface area (Å²) in [6.45, 7) is 0. The van der Waals surface area contributed by atoms with E-state index in [1.807, 2.05) is 0 Å². The second kappa shape index (κ2) is 15.2. The number of hydrogen-bond acceptors (Lipinski definition) is 5. The summed E-state index contributed by atoms with van der Waals surface area (Å²) in [5.74, 6) is 3.99. The number of rotatable bonds is 4. The van der Waals surface area contributed by atoms with Crippen LogP contribution in [0.15, 0.2) is 48.5 Å². The Morgan fingerprint density at radius 3 is 1.82 bits per heavy atom. The molecule has 0 radical (unpaired) electrons. The number of hydrogen-bond donors (Lipinski definition) is 2. The number of thioether (sulfide) groups is 2. The molecule has 0 bridgehead atoms. The van der Waals surface area contributed by atoms with Crippen molar-refractivity contribution >= 4 is 55.1 Å². The van der Waals surface area contributed by atoms with Gasteiger partial charge in [-0.1, -0.05) is 24.3 Å². The highest BCUT2D eigenvalue weighted by atomic mass is 32.2. The van der Waals surface area contributed by atoms with E-state index in [9.17, 15) is 31.1 Å². The van der Waals surface area contributed by atoms with Crippen molar-refractivity contribution in [1.82, 2.24) is 0 Å². The maximum absolute atomic E-state index is 12.5. The van der Waals surface area contributed by atoms with Gasteiger partial charge >= 0.3 is 12.4 Å². The summed E-state index contributed by atoms with van der Waals surface area (Å²) in [5, 5.41) is 0. The van der Waals surface area contributed by atoms with E-state index in [1.54, 1.807) is 29.6 Å². The molecule has 0 amide bonds. The zero-order valence-electron chi connectivity index (χ0n) is 17.4. The number of thiol groups is 2. The Hall–Kier alpha value is -0.910. The number of carbonyl (C=O) groups excluding carboxylic acids is 1. The van der Waals surface area contributed by atoms with Crippen LogP contribution in [-0.2, 0) is 12.4 Å². The Bertz CT molecular complexity index is 834. The van der Waals surface area contributed by atoms with Crippen molar-refractivity contribution in [2.24, 2.45) is 0 Å². The third-order valence-corrected chi connectivity index (χ3v) is 7.63. The summed E-state index contributed by atoms with van der Waals surface area (Å²) < 4.78 is 73.7. The molecule has 184 valence electrons. The first kappa shape index (κ1) is 30.1. The number of aldehydes is 1. The maximum atomic E-state index is 12.5. The Kier molecular flexibility index (Phi) is 13.8. The molecule has 33 heavy (non-hydrogen) atoms. The van der Waals surface area contributed by atoms with E-state index in [0.717, 1.165) is 59.6 Å². The van der Waals surface area contributed by atoms with Crippen LogP contribution in [0.1, 0.15) is 44.5 Å². The van der Waals surface area contributed by atoms with Crippen LogP contribution in [0.5, 0.6) is 0 Å². The van der Waals surface area contributed by atoms with Gasteiger partial charge in [0, 0.05) is 5.56 Å². The smallest absolute Gasteiger partial charge is 0.298 e. The largest absolute Gasteiger partial charge is 0.416 e. The number of halogens is 6. The SMILES string of the molecule is FC(F)(F)c1cccc(C2SCCCS2)c1.O=Cc1cccc(C(F)(F)F)c1.SCCCS. The summed E-state index contributed by atoms with van der Waals surface area (Å²) >= 11 is 11.4. The highest BCUT2D eigenvalue weighted by Gasteiger charge is 2.31. The topological polar surface area (TPSA) is 17.1 Å². The molecule has 0 aromatic heterocycles. The van der Waals surface area contributed by atoms with Crippen molar-refractivity contribution < 1.29 is 31.1 Å². The zero-order valence-corrected chi connectivity index (χ0v) is 20.8. The van der Waals surface area contributed by atoms with Crippen molar-refractivity contribution in [2.45, 2.75) is 29.8 Å². The molecule has 3 rings (SSSR count). The van der Waals surface area contributed by atoms with Crippen LogP contribution in [0, 0.1) is 0 Å². The minimum absolute atomic E-state index is 0.0322. The van der Waals surface area contributed by atoms with Gasteiger partial charge in [-0.2, -0.15) is 51.6 Å². The molecule has 0 saturated carbocycles. The molecule has 0 unspecified atom stereocenters. The van der Waals surface area contributed by atoms with E-state index in [2.05, 4.69) is 25.3 Å². The third-order valence-electron chi connectivity index (χ3n) is 3.98. The molecule has 0 spiro atoms. The molecular formula is C22H24F6OS4. The lowest BCUT2D eigenvalue weighted by molar-refractivity contribution is -0.138. The first-order valence-corrected chi connectivity index (χ1v) is 13.1. The number of carbonyl (C=O) groups is 1. The average Bonchev–Trinajstić information content (AvgIpc) is 2.80. The Morgan fingerprint density at radius 1 is 0.848 bits per heavy atom. The molecule has 0 aliphatic carbocycles. The van der Waals surface area contributed by atoms with Crippen LogP contribution in [0.3, 0.4) is 0 Å². The van der Waals surface area contributed by atoms with Crippen molar-refractivity contribution in [1.29, 1.82) is 0 Å². The fourth-order valence-electron chi connectivity index (χ4n) is 2.40. The molecule has 11 heteroatoms. The maximum Gasteiger partial charge on any atom is 0.416 e. The normalized spacial score (nSPS) is 14.4. The zero-order chi connectivity index (χ0) is 24.9. The van der Waals surface area contributed by atoms with Gasteiger partial charge in [-0.25, -0.2) is 0 Å². The van der Waals surface area contributed by atoms with E-state index in [4.69, 9.17) is 0 Å². The third kappa shape index (κ3) is 11.9. The lowest BCUT2D eigenvalue weighted by Crippen LogP contribution is -2.06. The van der Waals surface area contributed by atoms with E-state index in [0.29, 0.717) is 6.29 Å². The summed E-state index contributed by atoms with van der Waals surface area (Å²) in [5.41, 5.74) is -0.529. The van der Waals surface area contributed by atoms with Gasteiger partial charge in [-0.05, 0) is 65.7 Å². The average molecular weight is 547 g/mol. The Balaban J connectivity index is 0.000000283. The molecule has 1 aliphatic rings. The van der Waals surface area contributed by atoms with Gasteiger partial charge < -0.3 is 0 Å². The Labute approximate surface area is 209 Å². The second-order valence-electron chi connectivity index (χ2n) is 6.59. The van der Waals surface area contributed by atoms with Crippen molar-refractivity contribution in [3.05, 3.63) is 70.8 Å². The molecule has 2 aromatic rings. The van der Waals surface area contributed by atoms with Crippen molar-refractivity contribution in [2.75, 3.05) is 23.0 Å². The minimum atomic E-state index is -4.38.